The summed E-state index contributed by atoms with van der Waals surface area (Å²) in [6.45, 7) is 7.45. The first kappa shape index (κ1) is 25.2. The highest BCUT2D eigenvalue weighted by Crippen LogP contribution is 2.50. The Kier molecular flexibility index (Phi) is 6.62. The van der Waals surface area contributed by atoms with Crippen LogP contribution >= 0.6 is 0 Å². The van der Waals surface area contributed by atoms with Gasteiger partial charge in [-0.25, -0.2) is 4.79 Å². The zero-order valence-corrected chi connectivity index (χ0v) is 21.8. The third kappa shape index (κ3) is 4.64. The molecule has 6 nitrogen and oxygen atoms in total. The van der Waals surface area contributed by atoms with Crippen LogP contribution in [0.5, 0.6) is 0 Å². The Morgan fingerprint density at radius 1 is 1.06 bits per heavy atom. The molecular formula is C28H43N3O3. The van der Waals surface area contributed by atoms with E-state index in [1.807, 2.05) is 9.80 Å². The van der Waals surface area contributed by atoms with Gasteiger partial charge in [0, 0.05) is 25.0 Å². The van der Waals surface area contributed by atoms with Crippen molar-refractivity contribution in [2.45, 2.75) is 88.8 Å². The SMILES string of the molecule is CC(=O)CC(C)(C)CN1CC2(CCC(c3ccccc3)(N(C)C)CC2)N(CC2(O)CCC2)C1=O. The number of carbonyl (C=O) groups is 2. The molecule has 0 unspecified atom stereocenters. The molecule has 0 aromatic heterocycles. The van der Waals surface area contributed by atoms with Gasteiger partial charge in [-0.15, -0.1) is 0 Å². The summed E-state index contributed by atoms with van der Waals surface area (Å²) in [6.07, 6.45) is 6.79. The third-order valence-electron chi connectivity index (χ3n) is 8.82. The summed E-state index contributed by atoms with van der Waals surface area (Å²) in [7, 11) is 4.33. The van der Waals surface area contributed by atoms with Gasteiger partial charge >= 0.3 is 6.03 Å². The van der Waals surface area contributed by atoms with Gasteiger partial charge in [0.05, 0.1) is 17.7 Å². The first-order valence-corrected chi connectivity index (χ1v) is 12.9. The maximum Gasteiger partial charge on any atom is 0.320 e. The van der Waals surface area contributed by atoms with Gasteiger partial charge in [0.25, 0.3) is 0 Å². The second kappa shape index (κ2) is 8.94. The van der Waals surface area contributed by atoms with E-state index in [0.29, 0.717) is 26.1 Å². The lowest BCUT2D eigenvalue weighted by molar-refractivity contribution is -0.119. The van der Waals surface area contributed by atoms with Gasteiger partial charge in [0.2, 0.25) is 0 Å². The molecule has 34 heavy (non-hydrogen) atoms. The van der Waals surface area contributed by atoms with Crippen LogP contribution in [0.2, 0.25) is 0 Å². The number of aliphatic hydroxyl groups is 1. The lowest BCUT2D eigenvalue weighted by Crippen LogP contribution is -2.59. The molecule has 188 valence electrons. The van der Waals surface area contributed by atoms with Crippen molar-refractivity contribution >= 4 is 11.8 Å². The lowest BCUT2D eigenvalue weighted by atomic mass is 9.67. The van der Waals surface area contributed by atoms with Crippen molar-refractivity contribution in [3.8, 4) is 0 Å². The van der Waals surface area contributed by atoms with Crippen molar-refractivity contribution in [3.05, 3.63) is 35.9 Å². The van der Waals surface area contributed by atoms with Gasteiger partial charge in [-0.1, -0.05) is 44.2 Å². The lowest BCUT2D eigenvalue weighted by Gasteiger charge is -2.52. The third-order valence-corrected chi connectivity index (χ3v) is 8.82. The fraction of sp³-hybridized carbons (Fsp3) is 0.714. The van der Waals surface area contributed by atoms with Crippen molar-refractivity contribution in [2.75, 3.05) is 33.7 Å². The van der Waals surface area contributed by atoms with Crippen LogP contribution in [0.15, 0.2) is 30.3 Å². The van der Waals surface area contributed by atoms with E-state index in [9.17, 15) is 14.7 Å². The fourth-order valence-electron chi connectivity index (χ4n) is 6.82. The minimum atomic E-state index is -0.747. The number of Topliss-reactive ketones (excluding diaryl/α,β-unsaturated/α-hetero) is 1. The molecule has 1 spiro atoms. The van der Waals surface area contributed by atoms with E-state index in [-0.39, 0.29) is 28.3 Å². The summed E-state index contributed by atoms with van der Waals surface area (Å²) >= 11 is 0. The van der Waals surface area contributed by atoms with E-state index in [1.165, 1.54) is 5.56 Å². The Hall–Kier alpha value is -1.92. The van der Waals surface area contributed by atoms with Crippen LogP contribution in [0.25, 0.3) is 0 Å². The highest BCUT2D eigenvalue weighted by Gasteiger charge is 2.56. The molecule has 0 radical (unpaired) electrons. The van der Waals surface area contributed by atoms with Crippen LogP contribution in [-0.4, -0.2) is 76.5 Å². The maximum atomic E-state index is 13.8. The highest BCUT2D eigenvalue weighted by molar-refractivity contribution is 5.79. The molecule has 3 fully saturated rings. The minimum absolute atomic E-state index is 0.0361. The number of β-amino-alcohol motifs (C(OH)–C–C–N with tert-alkyl or cyclic N) is 1. The number of benzene rings is 1. The van der Waals surface area contributed by atoms with Crippen molar-refractivity contribution in [1.29, 1.82) is 0 Å². The molecule has 2 amide bonds. The first-order valence-electron chi connectivity index (χ1n) is 12.9. The minimum Gasteiger partial charge on any atom is -0.388 e. The molecule has 0 bridgehead atoms. The molecule has 2 aliphatic carbocycles. The molecule has 3 aliphatic rings. The zero-order chi connectivity index (χ0) is 24.8. The standard InChI is InChI=1S/C28H43N3O3/c1-22(32)18-25(2,3)19-30-20-26(31(24(30)33)21-27(34)12-9-13-27)14-16-28(17-15-26,29(4)5)23-10-7-6-8-11-23/h6-8,10-11,34H,9,12-21H2,1-5H3. The number of urea groups is 1. The maximum absolute atomic E-state index is 13.8. The van der Waals surface area contributed by atoms with E-state index in [0.717, 1.165) is 44.9 Å². The highest BCUT2D eigenvalue weighted by atomic mass is 16.3. The zero-order valence-electron chi connectivity index (χ0n) is 21.8. The van der Waals surface area contributed by atoms with Crippen LogP contribution in [0.1, 0.15) is 77.7 Å². The summed E-state index contributed by atoms with van der Waals surface area (Å²) in [5.74, 6) is 0.156. The molecule has 0 atom stereocenters. The normalized spacial score (nSPS) is 29.1. The number of ketones is 1. The molecule has 1 aliphatic heterocycles. The largest absolute Gasteiger partial charge is 0.388 e. The van der Waals surface area contributed by atoms with E-state index in [4.69, 9.17) is 0 Å². The monoisotopic (exact) mass is 469 g/mol. The quantitative estimate of drug-likeness (QED) is 0.612. The van der Waals surface area contributed by atoms with Crippen LogP contribution < -0.4 is 0 Å². The average molecular weight is 470 g/mol. The van der Waals surface area contributed by atoms with E-state index in [2.05, 4.69) is 63.2 Å². The fourth-order valence-corrected chi connectivity index (χ4v) is 6.82. The van der Waals surface area contributed by atoms with E-state index in [1.54, 1.807) is 6.92 Å². The van der Waals surface area contributed by atoms with Crippen molar-refractivity contribution < 1.29 is 14.7 Å². The second-order valence-corrected chi connectivity index (χ2v) is 12.4. The number of hydrogen-bond acceptors (Lipinski definition) is 4. The Bertz CT molecular complexity index is 899. The molecule has 1 aromatic carbocycles. The van der Waals surface area contributed by atoms with Crippen LogP contribution in [0.3, 0.4) is 0 Å². The Morgan fingerprint density at radius 3 is 2.18 bits per heavy atom. The van der Waals surface area contributed by atoms with Gasteiger partial charge < -0.3 is 19.7 Å². The molecular weight excluding hydrogens is 426 g/mol. The van der Waals surface area contributed by atoms with Crippen molar-refractivity contribution in [2.24, 2.45) is 5.41 Å². The summed E-state index contributed by atoms with van der Waals surface area (Å²) < 4.78 is 0. The molecule has 6 heteroatoms. The van der Waals surface area contributed by atoms with Gasteiger partial charge in [-0.05, 0) is 76.9 Å². The topological polar surface area (TPSA) is 64.1 Å². The second-order valence-electron chi connectivity index (χ2n) is 12.4. The summed E-state index contributed by atoms with van der Waals surface area (Å²) in [6, 6.07) is 10.8. The smallest absolute Gasteiger partial charge is 0.320 e. The van der Waals surface area contributed by atoms with Gasteiger partial charge in [0.1, 0.15) is 5.78 Å². The van der Waals surface area contributed by atoms with E-state index >= 15 is 0 Å². The Morgan fingerprint density at radius 2 is 1.68 bits per heavy atom. The summed E-state index contributed by atoms with van der Waals surface area (Å²) in [5.41, 5.74) is 0.0166. The summed E-state index contributed by atoms with van der Waals surface area (Å²) in [4.78, 5) is 31.9. The predicted octanol–water partition coefficient (Wildman–Crippen LogP) is 4.41. The molecule has 1 saturated heterocycles. The molecule has 1 N–H and O–H groups in total. The average Bonchev–Trinajstić information content (AvgIpc) is 2.97. The molecule has 1 aromatic rings. The van der Waals surface area contributed by atoms with Crippen LogP contribution in [0, 0.1) is 5.41 Å². The number of hydrogen-bond donors (Lipinski definition) is 1. The first-order chi connectivity index (χ1) is 15.9. The van der Waals surface area contributed by atoms with Crippen molar-refractivity contribution in [1.82, 2.24) is 14.7 Å². The van der Waals surface area contributed by atoms with Crippen LogP contribution in [0.4, 0.5) is 4.79 Å². The Labute approximate surface area is 205 Å². The van der Waals surface area contributed by atoms with Crippen LogP contribution in [-0.2, 0) is 10.3 Å². The van der Waals surface area contributed by atoms with Gasteiger partial charge in [-0.2, -0.15) is 0 Å². The molecule has 1 heterocycles. The Balaban J connectivity index is 1.60. The number of rotatable bonds is 8. The molecule has 2 saturated carbocycles. The molecule has 4 rings (SSSR count). The van der Waals surface area contributed by atoms with Gasteiger partial charge in [-0.3, -0.25) is 4.90 Å². The number of carbonyl (C=O) groups excluding carboxylic acids is 2. The number of amides is 2. The summed E-state index contributed by atoms with van der Waals surface area (Å²) in [5, 5.41) is 11.0. The number of nitrogens with zero attached hydrogens (tertiary/aromatic N) is 3. The predicted molar refractivity (Wildman–Crippen MR) is 135 cm³/mol. The van der Waals surface area contributed by atoms with Crippen molar-refractivity contribution in [3.63, 3.8) is 0 Å². The van der Waals surface area contributed by atoms with E-state index < -0.39 is 5.60 Å². The van der Waals surface area contributed by atoms with Gasteiger partial charge in [0.15, 0.2) is 0 Å².